The summed E-state index contributed by atoms with van der Waals surface area (Å²) >= 11 is 0. The predicted molar refractivity (Wildman–Crippen MR) is 112 cm³/mol. The number of nitrogens with one attached hydrogen (secondary N) is 2. The van der Waals surface area contributed by atoms with Gasteiger partial charge in [-0.3, -0.25) is 9.56 Å². The molecule has 0 saturated heterocycles. The number of nitrogens with zero attached hydrogens (tertiary/aromatic N) is 4. The van der Waals surface area contributed by atoms with Crippen LogP contribution in [-0.2, 0) is 13.0 Å². The summed E-state index contributed by atoms with van der Waals surface area (Å²) < 4.78 is 2.00. The average Bonchev–Trinajstić information content (AvgIpc) is 3.34. The van der Waals surface area contributed by atoms with Gasteiger partial charge in [0.1, 0.15) is 11.6 Å². The molecule has 3 aromatic rings. The first-order valence-corrected chi connectivity index (χ1v) is 9.73. The van der Waals surface area contributed by atoms with Crippen molar-refractivity contribution >= 4 is 5.96 Å². The van der Waals surface area contributed by atoms with Crippen LogP contribution in [-0.4, -0.2) is 34.1 Å². The summed E-state index contributed by atoms with van der Waals surface area (Å²) in [7, 11) is 1.81. The van der Waals surface area contributed by atoms with E-state index in [-0.39, 0.29) is 0 Å². The molecule has 0 radical (unpaired) electrons. The lowest BCUT2D eigenvalue weighted by molar-refractivity contribution is 0.641. The monoisotopic (exact) mass is 374 g/mol. The Kier molecular flexibility index (Phi) is 5.37. The van der Waals surface area contributed by atoms with Gasteiger partial charge < -0.3 is 10.6 Å². The van der Waals surface area contributed by atoms with Crippen molar-refractivity contribution in [3.63, 3.8) is 0 Å². The van der Waals surface area contributed by atoms with Gasteiger partial charge in [-0.2, -0.15) is 0 Å². The quantitative estimate of drug-likeness (QED) is 0.532. The van der Waals surface area contributed by atoms with E-state index < -0.39 is 0 Å². The number of fused-ring (bicyclic) bond motifs is 1. The molecule has 6 nitrogen and oxygen atoms in total. The smallest absolute Gasteiger partial charge is 0.191 e. The Bertz CT molecular complexity index is 974. The van der Waals surface area contributed by atoms with Gasteiger partial charge in [0.2, 0.25) is 0 Å². The molecule has 2 heterocycles. The molecule has 0 spiro atoms. The third-order valence-electron chi connectivity index (χ3n) is 5.36. The summed E-state index contributed by atoms with van der Waals surface area (Å²) in [5.74, 6) is 3.16. The Morgan fingerprint density at radius 2 is 2.04 bits per heavy atom. The number of hydrogen-bond acceptors (Lipinski definition) is 3. The van der Waals surface area contributed by atoms with Gasteiger partial charge in [-0.25, -0.2) is 9.97 Å². The fraction of sp³-hybridized carbons (Fsp3) is 0.318. The maximum absolute atomic E-state index is 4.54. The zero-order chi connectivity index (χ0) is 19.3. The van der Waals surface area contributed by atoms with E-state index in [9.17, 15) is 0 Å². The Morgan fingerprint density at radius 1 is 1.14 bits per heavy atom. The van der Waals surface area contributed by atoms with Crippen LogP contribution in [0.15, 0.2) is 60.0 Å². The van der Waals surface area contributed by atoms with Crippen molar-refractivity contribution < 1.29 is 0 Å². The van der Waals surface area contributed by atoms with Gasteiger partial charge in [0.05, 0.1) is 0 Å². The third kappa shape index (κ3) is 3.76. The van der Waals surface area contributed by atoms with E-state index in [2.05, 4.69) is 55.9 Å². The normalized spacial score (nSPS) is 16.1. The zero-order valence-electron chi connectivity index (χ0n) is 16.4. The van der Waals surface area contributed by atoms with Crippen LogP contribution in [0.4, 0.5) is 0 Å². The van der Waals surface area contributed by atoms with Crippen LogP contribution in [0.1, 0.15) is 34.9 Å². The second-order valence-electron chi connectivity index (χ2n) is 7.07. The summed E-state index contributed by atoms with van der Waals surface area (Å²) in [6, 6.07) is 12.8. The van der Waals surface area contributed by atoms with Gasteiger partial charge in [-0.05, 0) is 37.0 Å². The van der Waals surface area contributed by atoms with Crippen molar-refractivity contribution in [2.45, 2.75) is 32.2 Å². The molecule has 0 saturated carbocycles. The largest absolute Gasteiger partial charge is 0.356 e. The van der Waals surface area contributed by atoms with Crippen LogP contribution in [0.5, 0.6) is 0 Å². The predicted octanol–water partition coefficient (Wildman–Crippen LogP) is 2.97. The number of aromatic nitrogens is 3. The molecule has 4 rings (SSSR count). The van der Waals surface area contributed by atoms with Crippen LogP contribution in [0.3, 0.4) is 0 Å². The van der Waals surface area contributed by atoms with Crippen molar-refractivity contribution in [3.05, 3.63) is 77.5 Å². The minimum atomic E-state index is 0.539. The Labute approximate surface area is 165 Å². The summed E-state index contributed by atoms with van der Waals surface area (Å²) in [5, 5.41) is 6.91. The van der Waals surface area contributed by atoms with Crippen LogP contribution in [0, 0.1) is 6.92 Å². The number of benzene rings is 1. The lowest BCUT2D eigenvalue weighted by atomic mass is 10.0. The molecule has 0 amide bonds. The number of guanidine groups is 1. The molecule has 1 atom stereocenters. The van der Waals surface area contributed by atoms with Gasteiger partial charge in [-0.15, -0.1) is 0 Å². The van der Waals surface area contributed by atoms with Crippen molar-refractivity contribution in [1.29, 1.82) is 0 Å². The first-order valence-electron chi connectivity index (χ1n) is 9.73. The van der Waals surface area contributed by atoms with E-state index in [1.807, 2.05) is 37.0 Å². The summed E-state index contributed by atoms with van der Waals surface area (Å²) in [6.45, 7) is 3.50. The van der Waals surface area contributed by atoms with Crippen LogP contribution < -0.4 is 10.6 Å². The van der Waals surface area contributed by atoms with E-state index in [0.717, 1.165) is 36.1 Å². The van der Waals surface area contributed by atoms with Crippen molar-refractivity contribution in [1.82, 2.24) is 25.2 Å². The molecule has 144 valence electrons. The van der Waals surface area contributed by atoms with Crippen molar-refractivity contribution in [2.75, 3.05) is 13.6 Å². The minimum absolute atomic E-state index is 0.539. The number of rotatable bonds is 5. The highest BCUT2D eigenvalue weighted by Crippen LogP contribution is 2.32. The second kappa shape index (κ2) is 8.25. The van der Waals surface area contributed by atoms with Crippen LogP contribution >= 0.6 is 0 Å². The third-order valence-corrected chi connectivity index (χ3v) is 5.36. The number of pyridine rings is 1. The molecule has 1 aliphatic carbocycles. The molecule has 0 bridgehead atoms. The molecule has 6 heteroatoms. The van der Waals surface area contributed by atoms with E-state index in [1.165, 1.54) is 17.5 Å². The Hall–Kier alpha value is -3.15. The number of aliphatic imine (C=N–C) groups is 1. The van der Waals surface area contributed by atoms with Crippen molar-refractivity contribution in [3.8, 4) is 5.82 Å². The van der Waals surface area contributed by atoms with Crippen molar-refractivity contribution in [2.24, 2.45) is 4.99 Å². The molecule has 0 fully saturated rings. The average molecular weight is 374 g/mol. The summed E-state index contributed by atoms with van der Waals surface area (Å²) in [4.78, 5) is 13.2. The Balaban J connectivity index is 1.39. The van der Waals surface area contributed by atoms with E-state index >= 15 is 0 Å². The summed E-state index contributed by atoms with van der Waals surface area (Å²) in [5.41, 5.74) is 4.04. The molecule has 28 heavy (non-hydrogen) atoms. The molecular formula is C22H26N6. The topological polar surface area (TPSA) is 67.1 Å². The van der Waals surface area contributed by atoms with Gasteiger partial charge in [0, 0.05) is 50.2 Å². The van der Waals surface area contributed by atoms with E-state index in [4.69, 9.17) is 0 Å². The zero-order valence-corrected chi connectivity index (χ0v) is 16.4. The number of aryl methyl sites for hydroxylation is 2. The van der Waals surface area contributed by atoms with Gasteiger partial charge in [0.15, 0.2) is 5.96 Å². The minimum Gasteiger partial charge on any atom is -0.356 e. The van der Waals surface area contributed by atoms with Gasteiger partial charge in [-0.1, -0.05) is 30.3 Å². The first-order chi connectivity index (χ1) is 13.8. The second-order valence-corrected chi connectivity index (χ2v) is 7.07. The maximum Gasteiger partial charge on any atom is 0.191 e. The number of hydrogen-bond donors (Lipinski definition) is 2. The highest BCUT2D eigenvalue weighted by atomic mass is 15.2. The van der Waals surface area contributed by atoms with E-state index in [1.54, 1.807) is 6.20 Å². The molecule has 1 unspecified atom stereocenters. The fourth-order valence-corrected chi connectivity index (χ4v) is 3.86. The lowest BCUT2D eigenvalue weighted by Gasteiger charge is -2.17. The standard InChI is InChI=1S/C22H26N6/c1-16-24-12-13-28(16)21-19(7-5-11-25-21)15-27-22(23-2)26-14-18-10-9-17-6-3-4-8-20(17)18/h3-8,11-13,18H,9-10,14-15H2,1-2H3,(H2,23,26,27). The lowest BCUT2D eigenvalue weighted by Crippen LogP contribution is -2.39. The number of imidazole rings is 1. The van der Waals surface area contributed by atoms with Gasteiger partial charge >= 0.3 is 0 Å². The SMILES string of the molecule is CN=C(NCc1cccnc1-n1ccnc1C)NCC1CCc2ccccc21. The molecule has 2 aromatic heterocycles. The first kappa shape index (κ1) is 18.2. The molecular weight excluding hydrogens is 348 g/mol. The molecule has 1 aromatic carbocycles. The van der Waals surface area contributed by atoms with Crippen LogP contribution in [0.25, 0.3) is 5.82 Å². The summed E-state index contributed by atoms with van der Waals surface area (Å²) in [6.07, 6.45) is 7.89. The Morgan fingerprint density at radius 3 is 2.86 bits per heavy atom. The maximum atomic E-state index is 4.54. The molecule has 1 aliphatic rings. The molecule has 0 aliphatic heterocycles. The highest BCUT2D eigenvalue weighted by molar-refractivity contribution is 5.79. The van der Waals surface area contributed by atoms with E-state index in [0.29, 0.717) is 12.5 Å². The highest BCUT2D eigenvalue weighted by Gasteiger charge is 2.21. The molecule has 2 N–H and O–H groups in total. The fourth-order valence-electron chi connectivity index (χ4n) is 3.86. The van der Waals surface area contributed by atoms with Crippen LogP contribution in [0.2, 0.25) is 0 Å². The van der Waals surface area contributed by atoms with Gasteiger partial charge in [0.25, 0.3) is 0 Å².